The van der Waals surface area contributed by atoms with Crippen LogP contribution in [-0.4, -0.2) is 49.2 Å². The summed E-state index contributed by atoms with van der Waals surface area (Å²) in [6, 6.07) is 2.54. The molecule has 0 aliphatic rings. The average molecular weight is 250 g/mol. The van der Waals surface area contributed by atoms with Gasteiger partial charge in [-0.25, -0.2) is 0 Å². The molecule has 0 aromatic carbocycles. The highest BCUT2D eigenvalue weighted by molar-refractivity contribution is 5.48. The molecule has 0 spiro atoms. The Labute approximate surface area is 111 Å². The van der Waals surface area contributed by atoms with Gasteiger partial charge in [-0.15, -0.1) is 0 Å². The van der Waals surface area contributed by atoms with E-state index in [2.05, 4.69) is 48.3 Å². The Morgan fingerprint density at radius 2 is 2.17 bits per heavy atom. The first kappa shape index (κ1) is 14.9. The number of rotatable bonds is 8. The molecule has 0 amide bonds. The van der Waals surface area contributed by atoms with Crippen molar-refractivity contribution in [1.29, 1.82) is 0 Å². The quantitative estimate of drug-likeness (QED) is 0.689. The van der Waals surface area contributed by atoms with Crippen molar-refractivity contribution < 1.29 is 0 Å². The molecule has 1 rings (SSSR count). The minimum absolute atomic E-state index is 0.523. The summed E-state index contributed by atoms with van der Waals surface area (Å²) in [5.74, 6) is 0. The van der Waals surface area contributed by atoms with E-state index in [9.17, 15) is 0 Å². The fraction of sp³-hybridized carbons (Fsp3) is 0.643. The van der Waals surface area contributed by atoms with E-state index in [1.165, 1.54) is 11.3 Å². The lowest BCUT2D eigenvalue weighted by Crippen LogP contribution is -2.39. The highest BCUT2D eigenvalue weighted by Gasteiger charge is 2.03. The minimum atomic E-state index is 0.523. The van der Waals surface area contributed by atoms with Gasteiger partial charge in [0.25, 0.3) is 0 Å². The smallest absolute Gasteiger partial charge is 0.0401 e. The molecule has 0 aliphatic carbocycles. The van der Waals surface area contributed by atoms with Crippen molar-refractivity contribution in [3.63, 3.8) is 0 Å². The molecule has 1 heterocycles. The number of nitrogens with one attached hydrogen (secondary N) is 2. The Kier molecular flexibility index (Phi) is 6.68. The summed E-state index contributed by atoms with van der Waals surface area (Å²) in [7, 11) is 2.15. The van der Waals surface area contributed by atoms with Crippen molar-refractivity contribution in [3.8, 4) is 0 Å². The number of aryl methyl sites for hydroxylation is 1. The van der Waals surface area contributed by atoms with Crippen LogP contribution in [0.5, 0.6) is 0 Å². The van der Waals surface area contributed by atoms with Crippen molar-refractivity contribution in [2.75, 3.05) is 38.5 Å². The number of nitrogens with zero attached hydrogens (tertiary/aromatic N) is 2. The largest absolute Gasteiger partial charge is 0.383 e. The number of hydrogen-bond acceptors (Lipinski definition) is 4. The van der Waals surface area contributed by atoms with E-state index in [4.69, 9.17) is 0 Å². The fourth-order valence-electron chi connectivity index (χ4n) is 1.85. The molecule has 1 aromatic rings. The maximum absolute atomic E-state index is 4.08. The molecule has 0 saturated carbocycles. The molecule has 1 unspecified atom stereocenters. The zero-order valence-electron chi connectivity index (χ0n) is 12.0. The molecule has 1 aromatic heterocycles. The normalized spacial score (nSPS) is 12.7. The fourth-order valence-corrected chi connectivity index (χ4v) is 1.85. The molecule has 0 radical (unpaired) electrons. The average Bonchev–Trinajstić information content (AvgIpc) is 2.36. The first-order chi connectivity index (χ1) is 8.63. The maximum Gasteiger partial charge on any atom is 0.0401 e. The monoisotopic (exact) mass is 250 g/mol. The maximum atomic E-state index is 4.08. The van der Waals surface area contributed by atoms with Crippen molar-refractivity contribution in [2.45, 2.75) is 26.8 Å². The van der Waals surface area contributed by atoms with Gasteiger partial charge in [0, 0.05) is 43.8 Å². The minimum Gasteiger partial charge on any atom is -0.383 e. The van der Waals surface area contributed by atoms with Crippen LogP contribution in [0.15, 0.2) is 18.5 Å². The number of hydrogen-bond donors (Lipinski definition) is 2. The second-order valence-corrected chi connectivity index (χ2v) is 4.83. The van der Waals surface area contributed by atoms with Gasteiger partial charge in [-0.3, -0.25) is 4.98 Å². The second-order valence-electron chi connectivity index (χ2n) is 4.83. The lowest BCUT2D eigenvalue weighted by molar-refractivity contribution is 0.312. The molecular weight excluding hydrogens is 224 g/mol. The molecule has 1 atom stereocenters. The zero-order valence-corrected chi connectivity index (χ0v) is 12.0. The van der Waals surface area contributed by atoms with E-state index < -0.39 is 0 Å². The first-order valence-corrected chi connectivity index (χ1v) is 6.70. The van der Waals surface area contributed by atoms with Crippen molar-refractivity contribution in [3.05, 3.63) is 24.0 Å². The van der Waals surface area contributed by atoms with Gasteiger partial charge in [-0.05, 0) is 39.1 Å². The molecule has 102 valence electrons. The molecule has 0 bridgehead atoms. The zero-order chi connectivity index (χ0) is 13.4. The van der Waals surface area contributed by atoms with Gasteiger partial charge in [0.2, 0.25) is 0 Å². The molecule has 2 N–H and O–H groups in total. The van der Waals surface area contributed by atoms with Crippen LogP contribution in [0.4, 0.5) is 5.69 Å². The Balaban J connectivity index is 2.17. The van der Waals surface area contributed by atoms with Gasteiger partial charge in [-0.1, -0.05) is 6.92 Å². The number of likely N-dealkylation sites (N-methyl/N-ethyl adjacent to an activating group) is 1. The second kappa shape index (κ2) is 8.06. The summed E-state index contributed by atoms with van der Waals surface area (Å²) in [5, 5.41) is 6.94. The Morgan fingerprint density at radius 1 is 1.39 bits per heavy atom. The van der Waals surface area contributed by atoms with Gasteiger partial charge < -0.3 is 15.5 Å². The van der Waals surface area contributed by atoms with Gasteiger partial charge in [0.15, 0.2) is 0 Å². The van der Waals surface area contributed by atoms with Crippen LogP contribution in [0, 0.1) is 6.92 Å². The third-order valence-corrected chi connectivity index (χ3v) is 3.08. The molecule has 0 aliphatic heterocycles. The van der Waals surface area contributed by atoms with E-state index in [1.54, 1.807) is 0 Å². The Bertz CT molecular complexity index is 340. The summed E-state index contributed by atoms with van der Waals surface area (Å²) in [6.07, 6.45) is 3.70. The van der Waals surface area contributed by atoms with E-state index >= 15 is 0 Å². The van der Waals surface area contributed by atoms with E-state index in [0.29, 0.717) is 6.04 Å². The molecule has 4 nitrogen and oxygen atoms in total. The van der Waals surface area contributed by atoms with Crippen LogP contribution in [0.3, 0.4) is 0 Å². The molecule has 0 saturated heterocycles. The third kappa shape index (κ3) is 5.47. The van der Waals surface area contributed by atoms with Crippen molar-refractivity contribution in [1.82, 2.24) is 15.2 Å². The lowest BCUT2D eigenvalue weighted by atomic mass is 10.2. The van der Waals surface area contributed by atoms with Crippen LogP contribution in [0.1, 0.15) is 19.4 Å². The summed E-state index contributed by atoms with van der Waals surface area (Å²) in [4.78, 5) is 6.40. The highest BCUT2D eigenvalue weighted by atomic mass is 15.1. The van der Waals surface area contributed by atoms with Crippen molar-refractivity contribution in [2.24, 2.45) is 0 Å². The topological polar surface area (TPSA) is 40.2 Å². The van der Waals surface area contributed by atoms with Crippen LogP contribution < -0.4 is 10.6 Å². The molecule has 18 heavy (non-hydrogen) atoms. The summed E-state index contributed by atoms with van der Waals surface area (Å²) in [6.45, 7) is 10.6. The molecule has 0 fully saturated rings. The van der Waals surface area contributed by atoms with Crippen LogP contribution in [-0.2, 0) is 0 Å². The number of aromatic nitrogens is 1. The predicted molar refractivity (Wildman–Crippen MR) is 78.1 cm³/mol. The number of pyridine rings is 1. The predicted octanol–water partition coefficient (Wildman–Crippen LogP) is 1.73. The van der Waals surface area contributed by atoms with Crippen molar-refractivity contribution >= 4 is 5.69 Å². The molecule has 4 heteroatoms. The Morgan fingerprint density at radius 3 is 2.83 bits per heavy atom. The summed E-state index contributed by atoms with van der Waals surface area (Å²) in [5.41, 5.74) is 2.36. The SMILES string of the molecule is CCN(C)CC(C)NCCNc1ccncc1C. The van der Waals surface area contributed by atoms with Gasteiger partial charge in [-0.2, -0.15) is 0 Å². The third-order valence-electron chi connectivity index (χ3n) is 3.08. The van der Waals surface area contributed by atoms with E-state index in [0.717, 1.165) is 26.2 Å². The first-order valence-electron chi connectivity index (χ1n) is 6.70. The van der Waals surface area contributed by atoms with Gasteiger partial charge in [0.05, 0.1) is 0 Å². The molecular formula is C14H26N4. The lowest BCUT2D eigenvalue weighted by Gasteiger charge is -2.21. The Hall–Kier alpha value is -1.13. The summed E-state index contributed by atoms with van der Waals surface area (Å²) >= 11 is 0. The number of anilines is 1. The standard InChI is InChI=1S/C14H26N4/c1-5-18(4)11-13(3)16-8-9-17-14-6-7-15-10-12(14)2/h6-7,10,13,16H,5,8-9,11H2,1-4H3,(H,15,17). The van der Waals surface area contributed by atoms with Crippen LogP contribution in [0.2, 0.25) is 0 Å². The summed E-state index contributed by atoms with van der Waals surface area (Å²) < 4.78 is 0. The van der Waals surface area contributed by atoms with Crippen LogP contribution in [0.25, 0.3) is 0 Å². The van der Waals surface area contributed by atoms with Gasteiger partial charge in [0.1, 0.15) is 0 Å². The van der Waals surface area contributed by atoms with E-state index in [1.807, 2.05) is 18.5 Å². The van der Waals surface area contributed by atoms with E-state index in [-0.39, 0.29) is 0 Å². The van der Waals surface area contributed by atoms with Gasteiger partial charge >= 0.3 is 0 Å². The highest BCUT2D eigenvalue weighted by Crippen LogP contribution is 2.10. The van der Waals surface area contributed by atoms with Crippen LogP contribution >= 0.6 is 0 Å².